The number of hydrogen-bond acceptors (Lipinski definition) is 3. The van der Waals surface area contributed by atoms with E-state index in [2.05, 4.69) is 19.2 Å². The van der Waals surface area contributed by atoms with Crippen molar-refractivity contribution in [2.24, 2.45) is 5.92 Å². The lowest BCUT2D eigenvalue weighted by molar-refractivity contribution is 0.0926. The molecule has 0 aliphatic carbocycles. The van der Waals surface area contributed by atoms with Gasteiger partial charge in [-0.1, -0.05) is 26.0 Å². The Morgan fingerprint density at radius 3 is 2.60 bits per heavy atom. The van der Waals surface area contributed by atoms with Crippen LogP contribution in [0.3, 0.4) is 0 Å². The van der Waals surface area contributed by atoms with Crippen LogP contribution in [0.4, 0.5) is 0 Å². The summed E-state index contributed by atoms with van der Waals surface area (Å²) in [5.41, 5.74) is 1.25. The van der Waals surface area contributed by atoms with Crippen LogP contribution in [0.2, 0.25) is 0 Å². The van der Waals surface area contributed by atoms with Gasteiger partial charge in [0, 0.05) is 10.4 Å². The summed E-state index contributed by atoms with van der Waals surface area (Å²) in [7, 11) is 0. The molecular weight excluding hydrogens is 270 g/mol. The van der Waals surface area contributed by atoms with Crippen LogP contribution in [0.15, 0.2) is 35.7 Å². The number of phenolic OH excluding ortho intramolecular Hbond substituents is 1. The lowest BCUT2D eigenvalue weighted by atomic mass is 10.0. The number of carbonyl (C=O) groups excluding carboxylic acids is 1. The number of amides is 1. The van der Waals surface area contributed by atoms with Gasteiger partial charge in [-0.05, 0) is 42.0 Å². The third-order valence-corrected chi connectivity index (χ3v) is 4.23. The number of nitrogens with one attached hydrogen (secondary N) is 1. The van der Waals surface area contributed by atoms with E-state index in [1.165, 1.54) is 6.07 Å². The van der Waals surface area contributed by atoms with Gasteiger partial charge >= 0.3 is 0 Å². The first-order valence-electron chi connectivity index (χ1n) is 6.63. The Morgan fingerprint density at radius 1 is 1.30 bits per heavy atom. The second-order valence-electron chi connectivity index (χ2n) is 5.21. The average Bonchev–Trinajstić information content (AvgIpc) is 2.92. The van der Waals surface area contributed by atoms with Crippen LogP contribution in [0, 0.1) is 12.8 Å². The summed E-state index contributed by atoms with van der Waals surface area (Å²) in [6, 6.07) is 9.00. The molecule has 2 N–H and O–H groups in total. The van der Waals surface area contributed by atoms with Crippen molar-refractivity contribution in [3.8, 4) is 5.75 Å². The maximum atomic E-state index is 12.3. The molecule has 4 heteroatoms. The number of hydrogen-bond donors (Lipinski definition) is 2. The number of aromatic hydroxyl groups is 1. The third-order valence-electron chi connectivity index (χ3n) is 3.27. The monoisotopic (exact) mass is 289 g/mol. The molecule has 106 valence electrons. The van der Waals surface area contributed by atoms with Gasteiger partial charge in [0.25, 0.3) is 5.91 Å². The zero-order valence-electron chi connectivity index (χ0n) is 11.9. The molecule has 3 nitrogen and oxygen atoms in total. The molecule has 1 unspecified atom stereocenters. The quantitative estimate of drug-likeness (QED) is 0.897. The molecule has 0 radical (unpaired) electrons. The first kappa shape index (κ1) is 14.6. The van der Waals surface area contributed by atoms with Crippen molar-refractivity contribution < 1.29 is 9.90 Å². The minimum absolute atomic E-state index is 0.00838. The SMILES string of the molecule is Cc1ccc(C(=O)NC(c2cccs2)C(C)C)cc1O. The van der Waals surface area contributed by atoms with Gasteiger partial charge in [0.2, 0.25) is 0 Å². The fourth-order valence-electron chi connectivity index (χ4n) is 2.01. The molecule has 1 aromatic carbocycles. The van der Waals surface area contributed by atoms with Crippen LogP contribution < -0.4 is 5.32 Å². The molecule has 0 saturated heterocycles. The van der Waals surface area contributed by atoms with E-state index < -0.39 is 0 Å². The molecular formula is C16H19NO2S. The molecule has 20 heavy (non-hydrogen) atoms. The van der Waals surface area contributed by atoms with Gasteiger partial charge in [-0.2, -0.15) is 0 Å². The fraction of sp³-hybridized carbons (Fsp3) is 0.312. The highest BCUT2D eigenvalue weighted by Crippen LogP contribution is 2.26. The number of carbonyl (C=O) groups is 1. The Balaban J connectivity index is 2.18. The van der Waals surface area contributed by atoms with E-state index in [9.17, 15) is 9.90 Å². The summed E-state index contributed by atoms with van der Waals surface area (Å²) >= 11 is 1.64. The zero-order valence-corrected chi connectivity index (χ0v) is 12.7. The third kappa shape index (κ3) is 3.20. The molecule has 0 aliphatic heterocycles. The van der Waals surface area contributed by atoms with Gasteiger partial charge in [0.05, 0.1) is 6.04 Å². The largest absolute Gasteiger partial charge is 0.508 e. The average molecular weight is 289 g/mol. The molecule has 0 bridgehead atoms. The number of rotatable bonds is 4. The van der Waals surface area contributed by atoms with Crippen LogP contribution >= 0.6 is 11.3 Å². The Morgan fingerprint density at radius 2 is 2.05 bits per heavy atom. The lowest BCUT2D eigenvalue weighted by Gasteiger charge is -2.21. The number of benzene rings is 1. The topological polar surface area (TPSA) is 49.3 Å². The summed E-state index contributed by atoms with van der Waals surface area (Å²) in [5, 5.41) is 14.7. The van der Waals surface area contributed by atoms with E-state index >= 15 is 0 Å². The first-order valence-corrected chi connectivity index (χ1v) is 7.51. The Bertz CT molecular complexity index is 591. The predicted octanol–water partition coefficient (Wildman–Crippen LogP) is 3.89. The van der Waals surface area contributed by atoms with Crippen molar-refractivity contribution in [1.82, 2.24) is 5.32 Å². The summed E-state index contributed by atoms with van der Waals surface area (Å²) in [6.07, 6.45) is 0. The normalized spacial score (nSPS) is 12.4. The van der Waals surface area contributed by atoms with Gasteiger partial charge in [0.15, 0.2) is 0 Å². The molecule has 2 aromatic rings. The summed E-state index contributed by atoms with van der Waals surface area (Å²) in [6.45, 7) is 5.97. The molecule has 1 atom stereocenters. The smallest absolute Gasteiger partial charge is 0.251 e. The number of aryl methyl sites for hydroxylation is 1. The van der Waals surface area contributed by atoms with E-state index in [0.29, 0.717) is 11.5 Å². The van der Waals surface area contributed by atoms with Crippen LogP contribution in [-0.4, -0.2) is 11.0 Å². The highest BCUT2D eigenvalue weighted by molar-refractivity contribution is 7.10. The van der Waals surface area contributed by atoms with Crippen molar-refractivity contribution in [2.45, 2.75) is 26.8 Å². The zero-order chi connectivity index (χ0) is 14.7. The molecule has 1 heterocycles. The molecule has 1 aromatic heterocycles. The van der Waals surface area contributed by atoms with Gasteiger partial charge < -0.3 is 10.4 Å². The van der Waals surface area contributed by atoms with Crippen molar-refractivity contribution in [1.29, 1.82) is 0 Å². The highest BCUT2D eigenvalue weighted by atomic mass is 32.1. The molecule has 0 fully saturated rings. The Kier molecular flexibility index (Phi) is 4.45. The van der Waals surface area contributed by atoms with Crippen molar-refractivity contribution in [2.75, 3.05) is 0 Å². The minimum Gasteiger partial charge on any atom is -0.508 e. The molecule has 0 spiro atoms. The van der Waals surface area contributed by atoms with Gasteiger partial charge in [0.1, 0.15) is 5.75 Å². The van der Waals surface area contributed by atoms with E-state index in [-0.39, 0.29) is 17.7 Å². The van der Waals surface area contributed by atoms with E-state index in [1.54, 1.807) is 30.4 Å². The Labute approximate surface area is 123 Å². The summed E-state index contributed by atoms with van der Waals surface area (Å²) < 4.78 is 0. The second kappa shape index (κ2) is 6.09. The first-order chi connectivity index (χ1) is 9.49. The van der Waals surface area contributed by atoms with Crippen LogP contribution in [0.25, 0.3) is 0 Å². The maximum Gasteiger partial charge on any atom is 0.251 e. The molecule has 1 amide bonds. The van der Waals surface area contributed by atoms with Crippen LogP contribution in [-0.2, 0) is 0 Å². The molecule has 0 saturated carbocycles. The van der Waals surface area contributed by atoms with E-state index in [0.717, 1.165) is 10.4 Å². The second-order valence-corrected chi connectivity index (χ2v) is 6.19. The number of phenols is 1. The van der Waals surface area contributed by atoms with Crippen molar-refractivity contribution in [3.05, 3.63) is 51.7 Å². The van der Waals surface area contributed by atoms with Crippen molar-refractivity contribution in [3.63, 3.8) is 0 Å². The van der Waals surface area contributed by atoms with Crippen LogP contribution in [0.5, 0.6) is 5.75 Å². The molecule has 0 aliphatic rings. The maximum absolute atomic E-state index is 12.3. The lowest BCUT2D eigenvalue weighted by Crippen LogP contribution is -2.31. The van der Waals surface area contributed by atoms with E-state index in [1.807, 2.05) is 17.5 Å². The Hall–Kier alpha value is -1.81. The van der Waals surface area contributed by atoms with Gasteiger partial charge in [-0.3, -0.25) is 4.79 Å². The van der Waals surface area contributed by atoms with Gasteiger partial charge in [-0.15, -0.1) is 11.3 Å². The highest BCUT2D eigenvalue weighted by Gasteiger charge is 2.20. The van der Waals surface area contributed by atoms with Crippen molar-refractivity contribution >= 4 is 17.2 Å². The van der Waals surface area contributed by atoms with E-state index in [4.69, 9.17) is 0 Å². The standard InChI is InChI=1S/C16H19NO2S/c1-10(2)15(14-5-4-8-20-14)17-16(19)12-7-6-11(3)13(18)9-12/h4-10,15,18H,1-3H3,(H,17,19). The number of thiophene rings is 1. The summed E-state index contributed by atoms with van der Waals surface area (Å²) in [4.78, 5) is 13.4. The molecule has 2 rings (SSSR count). The summed E-state index contributed by atoms with van der Waals surface area (Å²) in [5.74, 6) is 0.291. The van der Waals surface area contributed by atoms with Gasteiger partial charge in [-0.25, -0.2) is 0 Å². The fourth-order valence-corrected chi connectivity index (χ4v) is 2.96. The van der Waals surface area contributed by atoms with Crippen LogP contribution in [0.1, 0.15) is 40.7 Å². The predicted molar refractivity (Wildman–Crippen MR) is 82.2 cm³/mol. The minimum atomic E-state index is -0.160.